The Morgan fingerprint density at radius 2 is 1.95 bits per heavy atom. The molecule has 0 aliphatic carbocycles. The van der Waals surface area contributed by atoms with E-state index in [0.29, 0.717) is 55.7 Å². The van der Waals surface area contributed by atoms with E-state index in [0.717, 1.165) is 11.7 Å². The lowest BCUT2D eigenvalue weighted by Crippen LogP contribution is -2.47. The summed E-state index contributed by atoms with van der Waals surface area (Å²) in [6.45, 7) is 1.42. The molecule has 2 saturated heterocycles. The molecule has 1 unspecified atom stereocenters. The Hall–Kier alpha value is -2.24. The van der Waals surface area contributed by atoms with Gasteiger partial charge in [0, 0.05) is 31.7 Å². The molecule has 2 aliphatic heterocycles. The maximum absolute atomic E-state index is 13.3. The molecule has 3 heterocycles. The summed E-state index contributed by atoms with van der Waals surface area (Å²) in [5, 5.41) is 13.7. The quantitative estimate of drug-likeness (QED) is 0.307. The zero-order valence-electron chi connectivity index (χ0n) is 21.3. The van der Waals surface area contributed by atoms with Crippen LogP contribution in [0.3, 0.4) is 0 Å². The third kappa shape index (κ3) is 6.10. The molecule has 2 atom stereocenters. The predicted octanol–water partition coefficient (Wildman–Crippen LogP) is 0.941. The molecule has 39 heavy (non-hydrogen) atoms. The summed E-state index contributed by atoms with van der Waals surface area (Å²) >= 11 is 0.996. The van der Waals surface area contributed by atoms with Gasteiger partial charge >= 0.3 is 0 Å². The van der Waals surface area contributed by atoms with Crippen LogP contribution in [0, 0.1) is 0 Å². The van der Waals surface area contributed by atoms with Crippen molar-refractivity contribution in [2.24, 2.45) is 0 Å². The van der Waals surface area contributed by atoms with Crippen molar-refractivity contribution in [1.82, 2.24) is 23.1 Å². The highest BCUT2D eigenvalue weighted by Gasteiger charge is 2.45. The third-order valence-electron chi connectivity index (χ3n) is 7.18. The molecular formula is C24H31N5O7S3. The average molecular weight is 598 g/mol. The molecule has 15 heteroatoms. The zero-order chi connectivity index (χ0) is 27.7. The van der Waals surface area contributed by atoms with Crippen LogP contribution in [0.4, 0.5) is 0 Å². The highest BCUT2D eigenvalue weighted by atomic mass is 32.2. The number of benzene rings is 2. The maximum atomic E-state index is 13.3. The number of fused-ring (bicyclic) bond motifs is 1. The van der Waals surface area contributed by atoms with Crippen molar-refractivity contribution in [2.75, 3.05) is 39.9 Å². The fraction of sp³-hybridized carbons (Fsp3) is 0.500. The Balaban J connectivity index is 1.10. The minimum Gasteiger partial charge on any atom is -0.491 e. The molecule has 0 amide bonds. The van der Waals surface area contributed by atoms with E-state index in [1.165, 1.54) is 23.5 Å². The smallest absolute Gasteiger partial charge is 0.245 e. The lowest BCUT2D eigenvalue weighted by Gasteiger charge is -2.38. The second kappa shape index (κ2) is 11.3. The van der Waals surface area contributed by atoms with E-state index < -0.39 is 31.8 Å². The van der Waals surface area contributed by atoms with Crippen molar-refractivity contribution in [3.05, 3.63) is 42.5 Å². The Bertz CT molecular complexity index is 1520. The summed E-state index contributed by atoms with van der Waals surface area (Å²) in [4.78, 5) is 0.266. The van der Waals surface area contributed by atoms with E-state index >= 15 is 0 Å². The fourth-order valence-corrected chi connectivity index (χ4v) is 7.95. The van der Waals surface area contributed by atoms with Crippen LogP contribution in [-0.4, -0.2) is 92.6 Å². The van der Waals surface area contributed by atoms with Gasteiger partial charge in [-0.15, -0.1) is 0 Å². The molecular weight excluding hydrogens is 566 g/mol. The molecule has 212 valence electrons. The molecule has 3 N–H and O–H groups in total. The lowest BCUT2D eigenvalue weighted by molar-refractivity contribution is -0.0312. The van der Waals surface area contributed by atoms with E-state index in [1.807, 2.05) is 0 Å². The van der Waals surface area contributed by atoms with Crippen molar-refractivity contribution in [1.29, 1.82) is 0 Å². The van der Waals surface area contributed by atoms with Crippen molar-refractivity contribution in [3.8, 4) is 5.75 Å². The molecule has 1 spiro atoms. The summed E-state index contributed by atoms with van der Waals surface area (Å²) < 4.78 is 74.4. The van der Waals surface area contributed by atoms with Crippen molar-refractivity contribution >= 4 is 42.8 Å². The zero-order valence-corrected chi connectivity index (χ0v) is 23.8. The van der Waals surface area contributed by atoms with Crippen molar-refractivity contribution in [2.45, 2.75) is 46.8 Å². The van der Waals surface area contributed by atoms with Crippen molar-refractivity contribution in [3.63, 3.8) is 0 Å². The van der Waals surface area contributed by atoms with Crippen LogP contribution in [0.25, 0.3) is 11.0 Å². The van der Waals surface area contributed by atoms with E-state index in [4.69, 9.17) is 9.47 Å². The first-order chi connectivity index (χ1) is 18.6. The Morgan fingerprint density at radius 1 is 1.18 bits per heavy atom. The summed E-state index contributed by atoms with van der Waals surface area (Å²) in [6.07, 6.45) is 1.05. The highest BCUT2D eigenvalue weighted by Crippen LogP contribution is 2.38. The molecule has 2 aliphatic rings. The van der Waals surface area contributed by atoms with E-state index in [1.54, 1.807) is 30.3 Å². The van der Waals surface area contributed by atoms with Crippen LogP contribution in [0.15, 0.2) is 52.3 Å². The second-order valence-corrected chi connectivity index (χ2v) is 14.1. The minimum atomic E-state index is -3.70. The van der Waals surface area contributed by atoms with E-state index in [2.05, 4.69) is 18.8 Å². The van der Waals surface area contributed by atoms with Crippen LogP contribution in [-0.2, 0) is 24.8 Å². The van der Waals surface area contributed by atoms with Gasteiger partial charge in [0.05, 0.1) is 28.8 Å². The standard InChI is InChI=1S/C24H31N5O7S3/c1-25-38(31,32)20-5-2-4-19(12-20)35-16-18(30)14-26-17-13-24(36-15-17)8-10-29(11-9-24)39(33,34)22-7-3-6-21-23(22)28-37-27-21/h2-7,12,17-18,25-26,30H,8-11,13-16H2,1H3/t17?,18-/m0/s1. The molecule has 0 bridgehead atoms. The summed E-state index contributed by atoms with van der Waals surface area (Å²) in [5.74, 6) is 0.345. The van der Waals surface area contributed by atoms with Gasteiger partial charge in [-0.3, -0.25) is 0 Å². The Labute approximate surface area is 231 Å². The first kappa shape index (κ1) is 28.3. The van der Waals surface area contributed by atoms with Crippen molar-refractivity contribution < 1.29 is 31.4 Å². The third-order valence-corrected chi connectivity index (χ3v) is 11.1. The van der Waals surface area contributed by atoms with Gasteiger partial charge in [-0.05, 0) is 50.6 Å². The van der Waals surface area contributed by atoms with Crippen LogP contribution in [0.1, 0.15) is 19.3 Å². The van der Waals surface area contributed by atoms with Crippen LogP contribution in [0.2, 0.25) is 0 Å². The second-order valence-electron chi connectivity index (χ2n) is 9.74. The average Bonchev–Trinajstić information content (AvgIpc) is 3.58. The van der Waals surface area contributed by atoms with E-state index in [9.17, 15) is 21.9 Å². The maximum Gasteiger partial charge on any atom is 0.245 e. The molecule has 3 aromatic rings. The van der Waals surface area contributed by atoms with Gasteiger partial charge in [0.2, 0.25) is 20.0 Å². The number of rotatable bonds is 10. The largest absolute Gasteiger partial charge is 0.491 e. The lowest BCUT2D eigenvalue weighted by atomic mass is 9.88. The molecule has 5 rings (SSSR count). The number of aromatic nitrogens is 2. The van der Waals surface area contributed by atoms with Crippen LogP contribution >= 0.6 is 11.7 Å². The molecule has 0 radical (unpaired) electrons. The van der Waals surface area contributed by atoms with E-state index in [-0.39, 0.29) is 29.0 Å². The Kier molecular flexibility index (Phi) is 8.22. The topological polar surface area (TPSA) is 160 Å². The number of nitrogens with zero attached hydrogens (tertiary/aromatic N) is 3. The Morgan fingerprint density at radius 3 is 2.72 bits per heavy atom. The highest BCUT2D eigenvalue weighted by molar-refractivity contribution is 7.89. The summed E-state index contributed by atoms with van der Waals surface area (Å²) in [7, 11) is -5.95. The molecule has 2 fully saturated rings. The summed E-state index contributed by atoms with van der Waals surface area (Å²) in [5.41, 5.74) is 0.575. The number of aliphatic hydroxyl groups excluding tert-OH is 1. The minimum absolute atomic E-state index is 0.0111. The number of nitrogens with one attached hydrogen (secondary N) is 2. The van der Waals surface area contributed by atoms with Gasteiger partial charge in [-0.25, -0.2) is 21.6 Å². The monoisotopic (exact) mass is 597 g/mol. The first-order valence-electron chi connectivity index (χ1n) is 12.6. The number of aliphatic hydroxyl groups is 1. The SMILES string of the molecule is CNS(=O)(=O)c1cccc(OC[C@@H](O)CNC2COC3(CCN(S(=O)(=O)c4cccc5nsnc45)CC3)C2)c1. The fourth-order valence-electron chi connectivity index (χ4n) is 4.99. The van der Waals surface area contributed by atoms with Crippen LogP contribution < -0.4 is 14.8 Å². The molecule has 2 aromatic carbocycles. The number of hydrogen-bond acceptors (Lipinski definition) is 11. The van der Waals surface area contributed by atoms with Crippen LogP contribution in [0.5, 0.6) is 5.75 Å². The molecule has 0 saturated carbocycles. The molecule has 1 aromatic heterocycles. The number of sulfonamides is 2. The number of ether oxygens (including phenoxy) is 2. The van der Waals surface area contributed by atoms with Gasteiger partial charge in [-0.1, -0.05) is 12.1 Å². The summed E-state index contributed by atoms with van der Waals surface area (Å²) in [6, 6.07) is 11.1. The van der Waals surface area contributed by atoms with Gasteiger partial charge in [0.15, 0.2) is 0 Å². The number of piperidine rings is 1. The van der Waals surface area contributed by atoms with Gasteiger partial charge in [-0.2, -0.15) is 13.1 Å². The normalized spacial score (nSPS) is 20.9. The number of hydrogen-bond donors (Lipinski definition) is 3. The predicted molar refractivity (Wildman–Crippen MR) is 145 cm³/mol. The van der Waals surface area contributed by atoms with Gasteiger partial charge < -0.3 is 19.9 Å². The van der Waals surface area contributed by atoms with Gasteiger partial charge in [0.25, 0.3) is 0 Å². The van der Waals surface area contributed by atoms with Gasteiger partial charge in [0.1, 0.15) is 34.4 Å². The molecule has 12 nitrogen and oxygen atoms in total. The first-order valence-corrected chi connectivity index (χ1v) is 16.2.